The summed E-state index contributed by atoms with van der Waals surface area (Å²) in [7, 11) is -4.83. The topological polar surface area (TPSA) is 121 Å². The standard InChI is InChI=1S/C15H19NO7S/c1-4-23-15(16(10(2)17)11(3)18)14(24(20,21)22)9-12-7-5-6-8-13(12)19/h5-9,15,19H,4H2,1-3H3,(H,20,21,22). The lowest BCUT2D eigenvalue weighted by Gasteiger charge is -2.28. The van der Waals surface area contributed by atoms with Crippen LogP contribution in [-0.2, 0) is 24.4 Å². The van der Waals surface area contributed by atoms with Gasteiger partial charge in [-0.1, -0.05) is 18.2 Å². The molecule has 2 N–H and O–H groups in total. The largest absolute Gasteiger partial charge is 0.507 e. The van der Waals surface area contributed by atoms with E-state index in [0.717, 1.165) is 19.9 Å². The first kappa shape index (κ1) is 19.8. The first-order chi connectivity index (χ1) is 11.1. The van der Waals surface area contributed by atoms with Crippen molar-refractivity contribution in [2.24, 2.45) is 0 Å². The molecule has 0 bridgehead atoms. The fourth-order valence-electron chi connectivity index (χ4n) is 2.03. The minimum absolute atomic E-state index is 0.0324. The lowest BCUT2D eigenvalue weighted by Crippen LogP contribution is -2.46. The van der Waals surface area contributed by atoms with Crippen molar-refractivity contribution in [1.29, 1.82) is 0 Å². The van der Waals surface area contributed by atoms with E-state index in [2.05, 4.69) is 0 Å². The fraction of sp³-hybridized carbons (Fsp3) is 0.333. The van der Waals surface area contributed by atoms with Gasteiger partial charge in [0.25, 0.3) is 10.1 Å². The third kappa shape index (κ3) is 4.88. The molecule has 0 fully saturated rings. The predicted octanol–water partition coefficient (Wildman–Crippen LogP) is 1.38. The third-order valence-electron chi connectivity index (χ3n) is 3.01. The molecule has 0 saturated carbocycles. The van der Waals surface area contributed by atoms with Gasteiger partial charge in [0.1, 0.15) is 10.7 Å². The number of amides is 2. The molecule has 0 spiro atoms. The van der Waals surface area contributed by atoms with Crippen LogP contribution in [0.5, 0.6) is 5.75 Å². The number of rotatable bonds is 6. The molecule has 0 saturated heterocycles. The summed E-state index contributed by atoms with van der Waals surface area (Å²) in [4.78, 5) is 23.3. The van der Waals surface area contributed by atoms with Crippen molar-refractivity contribution in [3.05, 3.63) is 34.7 Å². The van der Waals surface area contributed by atoms with Gasteiger partial charge in [-0.05, 0) is 19.1 Å². The molecular weight excluding hydrogens is 338 g/mol. The summed E-state index contributed by atoms with van der Waals surface area (Å²) < 4.78 is 38.3. The number of para-hydroxylation sites is 1. The van der Waals surface area contributed by atoms with E-state index in [4.69, 9.17) is 4.74 Å². The van der Waals surface area contributed by atoms with Crippen molar-refractivity contribution in [3.8, 4) is 5.75 Å². The number of imide groups is 1. The molecule has 0 aromatic heterocycles. The van der Waals surface area contributed by atoms with Crippen molar-refractivity contribution in [1.82, 2.24) is 4.90 Å². The summed E-state index contributed by atoms with van der Waals surface area (Å²) in [6.45, 7) is 3.63. The lowest BCUT2D eigenvalue weighted by atomic mass is 10.2. The number of ether oxygens (including phenoxy) is 1. The quantitative estimate of drug-likeness (QED) is 0.582. The van der Waals surface area contributed by atoms with E-state index in [0.29, 0.717) is 4.90 Å². The highest BCUT2D eigenvalue weighted by Crippen LogP contribution is 2.25. The average Bonchev–Trinajstić information content (AvgIpc) is 2.44. The summed E-state index contributed by atoms with van der Waals surface area (Å²) in [5.74, 6) is -1.76. The molecular formula is C15H19NO7S. The summed E-state index contributed by atoms with van der Waals surface area (Å²) in [5, 5.41) is 9.78. The smallest absolute Gasteiger partial charge is 0.295 e. The van der Waals surface area contributed by atoms with Gasteiger partial charge >= 0.3 is 0 Å². The molecule has 1 rings (SSSR count). The van der Waals surface area contributed by atoms with Crippen molar-refractivity contribution in [2.75, 3.05) is 6.61 Å². The molecule has 1 unspecified atom stereocenters. The molecule has 0 radical (unpaired) electrons. The molecule has 9 heteroatoms. The Balaban J connectivity index is 3.59. The van der Waals surface area contributed by atoms with E-state index in [1.807, 2.05) is 0 Å². The van der Waals surface area contributed by atoms with E-state index in [1.54, 1.807) is 0 Å². The van der Waals surface area contributed by atoms with Gasteiger partial charge in [0.2, 0.25) is 11.8 Å². The SMILES string of the molecule is CCOC(C(=Cc1ccccc1O)S(=O)(=O)O)N(C(C)=O)C(C)=O. The Bertz CT molecular complexity index is 741. The van der Waals surface area contributed by atoms with Gasteiger partial charge in [-0.15, -0.1) is 0 Å². The number of phenolic OH excluding ortho intramolecular Hbond substituents is 1. The minimum Gasteiger partial charge on any atom is -0.507 e. The highest BCUT2D eigenvalue weighted by molar-refractivity contribution is 7.90. The van der Waals surface area contributed by atoms with Crippen LogP contribution in [0.2, 0.25) is 0 Å². The molecule has 0 aliphatic heterocycles. The Kier molecular flexibility index (Phi) is 6.64. The van der Waals surface area contributed by atoms with Gasteiger partial charge in [-0.25, -0.2) is 0 Å². The first-order valence-corrected chi connectivity index (χ1v) is 8.42. The normalized spacial score (nSPS) is 13.4. The van der Waals surface area contributed by atoms with Gasteiger partial charge < -0.3 is 9.84 Å². The van der Waals surface area contributed by atoms with Crippen LogP contribution in [0.4, 0.5) is 0 Å². The Hall–Kier alpha value is -2.23. The zero-order valence-corrected chi connectivity index (χ0v) is 14.3. The molecule has 132 valence electrons. The van der Waals surface area contributed by atoms with Gasteiger partial charge in [-0.3, -0.25) is 19.0 Å². The van der Waals surface area contributed by atoms with Crippen LogP contribution in [0.25, 0.3) is 6.08 Å². The highest BCUT2D eigenvalue weighted by Gasteiger charge is 2.35. The maximum atomic E-state index is 11.8. The zero-order valence-electron chi connectivity index (χ0n) is 13.5. The third-order valence-corrected chi connectivity index (χ3v) is 3.93. The maximum absolute atomic E-state index is 11.8. The van der Waals surface area contributed by atoms with Gasteiger partial charge in [0, 0.05) is 26.0 Å². The predicted molar refractivity (Wildman–Crippen MR) is 86.2 cm³/mol. The molecule has 1 atom stereocenters. The summed E-state index contributed by atoms with van der Waals surface area (Å²) >= 11 is 0. The monoisotopic (exact) mass is 357 g/mol. The molecule has 24 heavy (non-hydrogen) atoms. The summed E-state index contributed by atoms with van der Waals surface area (Å²) in [5.41, 5.74) is 0.0712. The Morgan fingerprint density at radius 3 is 2.21 bits per heavy atom. The van der Waals surface area contributed by atoms with E-state index in [1.165, 1.54) is 31.2 Å². The number of aromatic hydroxyl groups is 1. The van der Waals surface area contributed by atoms with Crippen LogP contribution in [0.1, 0.15) is 26.3 Å². The summed E-state index contributed by atoms with van der Waals surface area (Å²) in [6, 6.07) is 5.78. The number of hydrogen-bond acceptors (Lipinski definition) is 6. The lowest BCUT2D eigenvalue weighted by molar-refractivity contribution is -0.153. The van der Waals surface area contributed by atoms with Gasteiger partial charge in [-0.2, -0.15) is 8.42 Å². The first-order valence-electron chi connectivity index (χ1n) is 6.98. The van der Waals surface area contributed by atoms with E-state index >= 15 is 0 Å². The van der Waals surface area contributed by atoms with Crippen LogP contribution in [-0.4, -0.2) is 47.6 Å². The number of nitrogens with zero attached hydrogens (tertiary/aromatic N) is 1. The van der Waals surface area contributed by atoms with Crippen molar-refractivity contribution >= 4 is 28.0 Å². The Morgan fingerprint density at radius 2 is 1.79 bits per heavy atom. The van der Waals surface area contributed by atoms with Crippen LogP contribution in [0, 0.1) is 0 Å². The second-order valence-corrected chi connectivity index (χ2v) is 6.22. The number of hydrogen-bond donors (Lipinski definition) is 2. The van der Waals surface area contributed by atoms with Crippen molar-refractivity contribution in [2.45, 2.75) is 27.0 Å². The zero-order chi connectivity index (χ0) is 18.5. The molecule has 1 aromatic rings. The van der Waals surface area contributed by atoms with Crippen molar-refractivity contribution < 1.29 is 32.4 Å². The molecule has 0 heterocycles. The molecule has 2 amide bonds. The van der Waals surface area contributed by atoms with Gasteiger partial charge in [0.15, 0.2) is 6.23 Å². The van der Waals surface area contributed by atoms with Crippen LogP contribution in [0.15, 0.2) is 29.2 Å². The summed E-state index contributed by atoms with van der Waals surface area (Å²) in [6.07, 6.45) is -0.705. The molecule has 0 aliphatic rings. The number of phenols is 1. The van der Waals surface area contributed by atoms with Crippen LogP contribution < -0.4 is 0 Å². The molecule has 1 aromatic carbocycles. The second-order valence-electron chi connectivity index (χ2n) is 4.80. The fourth-order valence-corrected chi connectivity index (χ4v) is 2.73. The highest BCUT2D eigenvalue weighted by atomic mass is 32.2. The molecule has 0 aliphatic carbocycles. The van der Waals surface area contributed by atoms with E-state index < -0.39 is 33.1 Å². The van der Waals surface area contributed by atoms with Crippen molar-refractivity contribution in [3.63, 3.8) is 0 Å². The Morgan fingerprint density at radius 1 is 1.25 bits per heavy atom. The van der Waals surface area contributed by atoms with E-state index in [9.17, 15) is 27.7 Å². The second kappa shape index (κ2) is 8.04. The van der Waals surface area contributed by atoms with Crippen LogP contribution >= 0.6 is 0 Å². The minimum atomic E-state index is -4.83. The Labute approximate surface area is 140 Å². The number of benzene rings is 1. The number of carbonyl (C=O) groups is 2. The maximum Gasteiger partial charge on any atom is 0.295 e. The average molecular weight is 357 g/mol. The van der Waals surface area contributed by atoms with Crippen LogP contribution in [0.3, 0.4) is 0 Å². The van der Waals surface area contributed by atoms with E-state index in [-0.39, 0.29) is 17.9 Å². The van der Waals surface area contributed by atoms with Gasteiger partial charge in [0.05, 0.1) is 0 Å². The molecule has 8 nitrogen and oxygen atoms in total. The number of carbonyl (C=O) groups excluding carboxylic acids is 2.